The third-order valence-electron chi connectivity index (χ3n) is 4.23. The standard InChI is InChI=1S/C21H24N4O/c1-25(2)21-23-14-16(15-24-21)13-22-19(17-9-5-3-6-10-17)20(26)18-11-7-4-8-12-18/h3-12,14-15,19-20,22,26H,13H2,1-2H3/t19-,20+/m1/s1. The van der Waals surface area contributed by atoms with Crippen molar-refractivity contribution in [3.8, 4) is 0 Å². The van der Waals surface area contributed by atoms with Crippen molar-refractivity contribution in [2.24, 2.45) is 0 Å². The van der Waals surface area contributed by atoms with Gasteiger partial charge in [-0.25, -0.2) is 9.97 Å². The van der Waals surface area contributed by atoms with Crippen LogP contribution in [0.15, 0.2) is 73.1 Å². The average molecular weight is 348 g/mol. The zero-order valence-corrected chi connectivity index (χ0v) is 15.1. The predicted octanol–water partition coefficient (Wildman–Crippen LogP) is 3.11. The zero-order chi connectivity index (χ0) is 18.4. The highest BCUT2D eigenvalue weighted by Crippen LogP contribution is 2.29. The predicted molar refractivity (Wildman–Crippen MR) is 104 cm³/mol. The molecule has 0 aliphatic carbocycles. The van der Waals surface area contributed by atoms with Crippen molar-refractivity contribution < 1.29 is 5.11 Å². The lowest BCUT2D eigenvalue weighted by atomic mass is 9.95. The summed E-state index contributed by atoms with van der Waals surface area (Å²) in [4.78, 5) is 10.6. The third-order valence-corrected chi connectivity index (χ3v) is 4.23. The van der Waals surface area contributed by atoms with E-state index in [1.54, 1.807) is 0 Å². The Morgan fingerprint density at radius 1 is 0.885 bits per heavy atom. The molecule has 0 bridgehead atoms. The third kappa shape index (κ3) is 4.45. The molecule has 26 heavy (non-hydrogen) atoms. The van der Waals surface area contributed by atoms with Gasteiger partial charge in [-0.15, -0.1) is 0 Å². The van der Waals surface area contributed by atoms with Gasteiger partial charge in [-0.1, -0.05) is 60.7 Å². The molecule has 0 aliphatic heterocycles. The van der Waals surface area contributed by atoms with Gasteiger partial charge in [0.25, 0.3) is 0 Å². The molecule has 1 heterocycles. The molecule has 134 valence electrons. The monoisotopic (exact) mass is 348 g/mol. The average Bonchev–Trinajstić information content (AvgIpc) is 2.70. The number of benzene rings is 2. The molecule has 0 unspecified atom stereocenters. The molecule has 3 aromatic rings. The summed E-state index contributed by atoms with van der Waals surface area (Å²) < 4.78 is 0. The van der Waals surface area contributed by atoms with E-state index in [4.69, 9.17) is 0 Å². The largest absolute Gasteiger partial charge is 0.386 e. The van der Waals surface area contributed by atoms with Crippen LogP contribution in [0, 0.1) is 0 Å². The fourth-order valence-corrected chi connectivity index (χ4v) is 2.81. The normalized spacial score (nSPS) is 13.2. The second-order valence-electron chi connectivity index (χ2n) is 6.41. The summed E-state index contributed by atoms with van der Waals surface area (Å²) in [7, 11) is 3.82. The van der Waals surface area contributed by atoms with Gasteiger partial charge >= 0.3 is 0 Å². The fourth-order valence-electron chi connectivity index (χ4n) is 2.81. The van der Waals surface area contributed by atoms with Crippen LogP contribution in [0.5, 0.6) is 0 Å². The van der Waals surface area contributed by atoms with Crippen molar-refractivity contribution in [3.05, 3.63) is 89.7 Å². The minimum absolute atomic E-state index is 0.230. The van der Waals surface area contributed by atoms with Crippen molar-refractivity contribution in [2.75, 3.05) is 19.0 Å². The lowest BCUT2D eigenvalue weighted by Gasteiger charge is -2.25. The molecule has 2 aromatic carbocycles. The van der Waals surface area contributed by atoms with E-state index in [-0.39, 0.29) is 6.04 Å². The van der Waals surface area contributed by atoms with Crippen LogP contribution in [0.1, 0.15) is 28.8 Å². The first-order chi connectivity index (χ1) is 12.6. The van der Waals surface area contributed by atoms with Gasteiger partial charge in [0, 0.05) is 38.6 Å². The second-order valence-corrected chi connectivity index (χ2v) is 6.41. The molecule has 2 N–H and O–H groups in total. The fraction of sp³-hybridized carbons (Fsp3) is 0.238. The smallest absolute Gasteiger partial charge is 0.224 e. The Hall–Kier alpha value is -2.76. The van der Waals surface area contributed by atoms with E-state index in [9.17, 15) is 5.11 Å². The maximum atomic E-state index is 10.9. The van der Waals surface area contributed by atoms with Crippen molar-refractivity contribution in [2.45, 2.75) is 18.7 Å². The minimum atomic E-state index is -0.652. The molecule has 0 amide bonds. The minimum Gasteiger partial charge on any atom is -0.386 e. The quantitative estimate of drug-likeness (QED) is 0.687. The molecule has 3 rings (SSSR count). The van der Waals surface area contributed by atoms with Crippen LogP contribution in [-0.4, -0.2) is 29.2 Å². The van der Waals surface area contributed by atoms with Gasteiger partial charge in [-0.05, 0) is 11.1 Å². The highest BCUT2D eigenvalue weighted by Gasteiger charge is 2.22. The van der Waals surface area contributed by atoms with E-state index in [2.05, 4.69) is 15.3 Å². The SMILES string of the molecule is CN(C)c1ncc(CN[C@H](c2ccccc2)[C@@H](O)c2ccccc2)cn1. The van der Waals surface area contributed by atoms with Crippen LogP contribution in [0.3, 0.4) is 0 Å². The van der Waals surface area contributed by atoms with Crippen LogP contribution in [0.4, 0.5) is 5.95 Å². The number of rotatable bonds is 7. The van der Waals surface area contributed by atoms with E-state index < -0.39 is 6.10 Å². The number of aliphatic hydroxyl groups excluding tert-OH is 1. The van der Waals surface area contributed by atoms with Gasteiger partial charge in [0.05, 0.1) is 12.1 Å². The molecular weight excluding hydrogens is 324 g/mol. The first-order valence-electron chi connectivity index (χ1n) is 8.65. The van der Waals surface area contributed by atoms with Crippen LogP contribution >= 0.6 is 0 Å². The molecule has 0 aliphatic rings. The Morgan fingerprint density at radius 3 is 1.96 bits per heavy atom. The lowest BCUT2D eigenvalue weighted by molar-refractivity contribution is 0.127. The number of nitrogens with zero attached hydrogens (tertiary/aromatic N) is 3. The highest BCUT2D eigenvalue weighted by molar-refractivity contribution is 5.28. The van der Waals surface area contributed by atoms with Gasteiger partial charge in [0.1, 0.15) is 0 Å². The molecule has 5 nitrogen and oxygen atoms in total. The summed E-state index contributed by atoms with van der Waals surface area (Å²) in [6.45, 7) is 0.567. The molecule has 5 heteroatoms. The number of hydrogen-bond donors (Lipinski definition) is 2. The Morgan fingerprint density at radius 2 is 1.42 bits per heavy atom. The van der Waals surface area contributed by atoms with E-state index in [1.807, 2.05) is 92.1 Å². The summed E-state index contributed by atoms with van der Waals surface area (Å²) in [6.07, 6.45) is 2.97. The molecule has 0 radical (unpaired) electrons. The van der Waals surface area contributed by atoms with E-state index in [1.165, 1.54) is 0 Å². The van der Waals surface area contributed by atoms with E-state index in [0.717, 1.165) is 16.7 Å². The highest BCUT2D eigenvalue weighted by atomic mass is 16.3. The van der Waals surface area contributed by atoms with Crippen LogP contribution in [0.25, 0.3) is 0 Å². The maximum Gasteiger partial charge on any atom is 0.224 e. The molecule has 0 saturated heterocycles. The summed E-state index contributed by atoms with van der Waals surface area (Å²) >= 11 is 0. The van der Waals surface area contributed by atoms with Crippen LogP contribution < -0.4 is 10.2 Å². The molecule has 2 atom stereocenters. The van der Waals surface area contributed by atoms with Gasteiger partial charge in [0.15, 0.2) is 0 Å². The number of anilines is 1. The lowest BCUT2D eigenvalue weighted by Crippen LogP contribution is -2.27. The summed E-state index contributed by atoms with van der Waals surface area (Å²) in [5, 5.41) is 14.4. The second kappa shape index (κ2) is 8.56. The zero-order valence-electron chi connectivity index (χ0n) is 15.1. The Kier molecular flexibility index (Phi) is 5.94. The Bertz CT molecular complexity index is 791. The van der Waals surface area contributed by atoms with Crippen molar-refractivity contribution >= 4 is 5.95 Å². The van der Waals surface area contributed by atoms with Crippen LogP contribution in [-0.2, 0) is 6.54 Å². The molecule has 0 saturated carbocycles. The maximum absolute atomic E-state index is 10.9. The molecular formula is C21H24N4O. The van der Waals surface area contributed by atoms with Gasteiger partial charge in [0.2, 0.25) is 5.95 Å². The van der Waals surface area contributed by atoms with E-state index in [0.29, 0.717) is 12.5 Å². The first-order valence-corrected chi connectivity index (χ1v) is 8.65. The molecule has 1 aromatic heterocycles. The van der Waals surface area contributed by atoms with Crippen molar-refractivity contribution in [1.82, 2.24) is 15.3 Å². The van der Waals surface area contributed by atoms with Crippen molar-refractivity contribution in [3.63, 3.8) is 0 Å². The Balaban J connectivity index is 1.78. The number of aromatic nitrogens is 2. The van der Waals surface area contributed by atoms with E-state index >= 15 is 0 Å². The van der Waals surface area contributed by atoms with Gasteiger partial charge < -0.3 is 15.3 Å². The number of nitrogens with one attached hydrogen (secondary N) is 1. The topological polar surface area (TPSA) is 61.3 Å². The van der Waals surface area contributed by atoms with Gasteiger partial charge in [-0.3, -0.25) is 0 Å². The molecule has 0 fully saturated rings. The number of hydrogen-bond acceptors (Lipinski definition) is 5. The number of aliphatic hydroxyl groups is 1. The Labute approximate surface area is 154 Å². The van der Waals surface area contributed by atoms with Crippen LogP contribution in [0.2, 0.25) is 0 Å². The summed E-state index contributed by atoms with van der Waals surface area (Å²) in [5.74, 6) is 0.678. The van der Waals surface area contributed by atoms with Crippen molar-refractivity contribution in [1.29, 1.82) is 0 Å². The summed E-state index contributed by atoms with van der Waals surface area (Å²) in [5.41, 5.74) is 2.89. The first kappa shape index (κ1) is 18.0. The molecule has 0 spiro atoms. The summed E-state index contributed by atoms with van der Waals surface area (Å²) in [6, 6.07) is 19.5. The van der Waals surface area contributed by atoms with Gasteiger partial charge in [-0.2, -0.15) is 0 Å².